The lowest BCUT2D eigenvalue weighted by Gasteiger charge is -2.16. The van der Waals surface area contributed by atoms with Gasteiger partial charge in [0.25, 0.3) is 5.91 Å². The topological polar surface area (TPSA) is 62.4 Å². The molecule has 0 aromatic heterocycles. The molecule has 2 rings (SSSR count). The number of carbonyl (C=O) groups is 1. The molecule has 3 N–H and O–H groups in total. The van der Waals surface area contributed by atoms with E-state index in [-0.39, 0.29) is 10.9 Å². The highest BCUT2D eigenvalue weighted by Crippen LogP contribution is 2.17. The number of hydrogen-bond donors (Lipinski definition) is 3. The van der Waals surface area contributed by atoms with Crippen LogP contribution in [0.2, 0.25) is 0 Å². The van der Waals surface area contributed by atoms with Gasteiger partial charge in [-0.15, -0.1) is 0 Å². The largest absolute Gasteiger partial charge is 0.478 e. The van der Waals surface area contributed by atoms with E-state index < -0.39 is 17.8 Å². The summed E-state index contributed by atoms with van der Waals surface area (Å²) >= 11 is 8.43. The van der Waals surface area contributed by atoms with Gasteiger partial charge in [-0.1, -0.05) is 34.1 Å². The van der Waals surface area contributed by atoms with Gasteiger partial charge in [0.2, 0.25) is 0 Å². The number of carbonyl (C=O) groups excluding carboxylic acids is 1. The Kier molecular flexibility index (Phi) is 6.51. The first-order chi connectivity index (χ1) is 11.5. The Balaban J connectivity index is 1.81. The summed E-state index contributed by atoms with van der Waals surface area (Å²) in [5, 5.41) is 3.12. The number of hydrogen-bond acceptors (Lipinski definition) is 3. The first kappa shape index (κ1) is 18.2. The standard InChI is InChI=1S/C16H15BrFN3O2S/c1-10(23-14-8-3-2-7-13(14)18)15(22)20-21-16(24)19-12-6-4-5-11(17)9-12/h2-10H,1H3,(H,20,22)(H2,19,21,24)/t10-/m0/s1. The fourth-order valence-electron chi connectivity index (χ4n) is 1.73. The minimum atomic E-state index is -0.900. The molecule has 5 nitrogen and oxygen atoms in total. The number of ether oxygens (including phenoxy) is 1. The number of nitrogens with one attached hydrogen (secondary N) is 3. The predicted octanol–water partition coefficient (Wildman–Crippen LogP) is 3.37. The van der Waals surface area contributed by atoms with Gasteiger partial charge in [0, 0.05) is 10.2 Å². The predicted molar refractivity (Wildman–Crippen MR) is 98.1 cm³/mol. The molecule has 0 bridgehead atoms. The first-order valence-corrected chi connectivity index (χ1v) is 8.19. The summed E-state index contributed by atoms with van der Waals surface area (Å²) in [4.78, 5) is 12.0. The number of anilines is 1. The number of benzene rings is 2. The molecule has 0 radical (unpaired) electrons. The number of halogens is 2. The lowest BCUT2D eigenvalue weighted by atomic mass is 10.3. The maximum atomic E-state index is 13.5. The van der Waals surface area contributed by atoms with Crippen LogP contribution in [0.3, 0.4) is 0 Å². The number of para-hydroxylation sites is 1. The molecule has 0 aliphatic carbocycles. The van der Waals surface area contributed by atoms with Crippen molar-refractivity contribution < 1.29 is 13.9 Å². The summed E-state index contributed by atoms with van der Waals surface area (Å²) in [6, 6.07) is 13.3. The van der Waals surface area contributed by atoms with Crippen molar-refractivity contribution in [3.05, 3.63) is 58.8 Å². The Bertz CT molecular complexity index is 745. The summed E-state index contributed by atoms with van der Waals surface area (Å²) in [5.41, 5.74) is 5.72. The van der Waals surface area contributed by atoms with Crippen molar-refractivity contribution >= 4 is 44.9 Å². The van der Waals surface area contributed by atoms with E-state index in [2.05, 4.69) is 32.1 Å². The van der Waals surface area contributed by atoms with Crippen LogP contribution in [0, 0.1) is 5.82 Å². The van der Waals surface area contributed by atoms with E-state index in [4.69, 9.17) is 17.0 Å². The van der Waals surface area contributed by atoms with E-state index in [9.17, 15) is 9.18 Å². The van der Waals surface area contributed by atoms with E-state index in [0.717, 1.165) is 10.2 Å². The molecule has 1 amide bonds. The lowest BCUT2D eigenvalue weighted by molar-refractivity contribution is -0.127. The van der Waals surface area contributed by atoms with Crippen molar-refractivity contribution in [3.63, 3.8) is 0 Å². The smallest absolute Gasteiger partial charge is 0.279 e. The number of hydrazine groups is 1. The maximum absolute atomic E-state index is 13.5. The molecule has 8 heteroatoms. The molecule has 0 saturated carbocycles. The number of amides is 1. The zero-order chi connectivity index (χ0) is 17.5. The molecule has 0 fully saturated rings. The van der Waals surface area contributed by atoms with E-state index in [1.54, 1.807) is 12.1 Å². The number of rotatable bonds is 4. The normalized spacial score (nSPS) is 11.3. The lowest BCUT2D eigenvalue weighted by Crippen LogP contribution is -2.48. The van der Waals surface area contributed by atoms with Crippen LogP contribution < -0.4 is 20.9 Å². The highest BCUT2D eigenvalue weighted by atomic mass is 79.9. The second-order valence-electron chi connectivity index (χ2n) is 4.77. The van der Waals surface area contributed by atoms with Crippen LogP contribution in [0.1, 0.15) is 6.92 Å². The van der Waals surface area contributed by atoms with Gasteiger partial charge in [0.1, 0.15) is 0 Å². The average molecular weight is 412 g/mol. The monoisotopic (exact) mass is 411 g/mol. The molecule has 0 unspecified atom stereocenters. The van der Waals surface area contributed by atoms with E-state index in [1.807, 2.05) is 24.3 Å². The third-order valence-corrected chi connectivity index (χ3v) is 3.59. The van der Waals surface area contributed by atoms with E-state index in [0.29, 0.717) is 0 Å². The minimum absolute atomic E-state index is 0.00925. The van der Waals surface area contributed by atoms with Crippen LogP contribution >= 0.6 is 28.1 Å². The van der Waals surface area contributed by atoms with Crippen molar-refractivity contribution in [2.75, 3.05) is 5.32 Å². The molecule has 1 atom stereocenters. The Labute approximate surface area is 152 Å². The SMILES string of the molecule is C[C@H](Oc1ccccc1F)C(=O)NNC(=S)Nc1cccc(Br)c1. The summed E-state index contributed by atoms with van der Waals surface area (Å²) in [6.45, 7) is 1.51. The molecular weight excluding hydrogens is 397 g/mol. The molecule has 0 heterocycles. The van der Waals surface area contributed by atoms with Crippen molar-refractivity contribution in [1.82, 2.24) is 10.9 Å². The van der Waals surface area contributed by atoms with Gasteiger partial charge in [-0.3, -0.25) is 15.6 Å². The van der Waals surface area contributed by atoms with E-state index >= 15 is 0 Å². The maximum Gasteiger partial charge on any atom is 0.279 e. The zero-order valence-electron chi connectivity index (χ0n) is 12.7. The second-order valence-corrected chi connectivity index (χ2v) is 6.09. The molecule has 2 aromatic carbocycles. The van der Waals surface area contributed by atoms with Crippen LogP contribution in [0.15, 0.2) is 53.0 Å². The minimum Gasteiger partial charge on any atom is -0.478 e. The van der Waals surface area contributed by atoms with Gasteiger partial charge >= 0.3 is 0 Å². The average Bonchev–Trinajstić information content (AvgIpc) is 2.54. The summed E-state index contributed by atoms with van der Waals surface area (Å²) < 4.78 is 19.7. The molecule has 2 aromatic rings. The van der Waals surface area contributed by atoms with Gasteiger partial charge in [-0.05, 0) is 49.5 Å². The van der Waals surface area contributed by atoms with Gasteiger partial charge in [-0.2, -0.15) is 0 Å². The summed E-state index contributed by atoms with van der Waals surface area (Å²) in [5.74, 6) is -1.01. The van der Waals surface area contributed by atoms with Crippen LogP contribution in [-0.2, 0) is 4.79 Å². The Morgan fingerprint density at radius 3 is 2.67 bits per heavy atom. The van der Waals surface area contributed by atoms with Crippen molar-refractivity contribution in [2.24, 2.45) is 0 Å². The van der Waals surface area contributed by atoms with Gasteiger partial charge in [0.05, 0.1) is 0 Å². The van der Waals surface area contributed by atoms with Crippen LogP contribution in [0.25, 0.3) is 0 Å². The number of thiocarbonyl (C=S) groups is 1. The van der Waals surface area contributed by atoms with Crippen LogP contribution in [-0.4, -0.2) is 17.1 Å². The first-order valence-electron chi connectivity index (χ1n) is 6.99. The summed E-state index contributed by atoms with van der Waals surface area (Å²) in [7, 11) is 0. The van der Waals surface area contributed by atoms with Gasteiger partial charge in [0.15, 0.2) is 22.8 Å². The Hall–Kier alpha value is -2.19. The molecule has 126 valence electrons. The zero-order valence-corrected chi connectivity index (χ0v) is 15.1. The molecular formula is C16H15BrFN3O2S. The Morgan fingerprint density at radius 2 is 1.96 bits per heavy atom. The fraction of sp³-hybridized carbons (Fsp3) is 0.125. The molecule has 0 spiro atoms. The fourth-order valence-corrected chi connectivity index (χ4v) is 2.30. The molecule has 24 heavy (non-hydrogen) atoms. The van der Waals surface area contributed by atoms with Crippen LogP contribution in [0.5, 0.6) is 5.75 Å². The van der Waals surface area contributed by atoms with Gasteiger partial charge < -0.3 is 10.1 Å². The quantitative estimate of drug-likeness (QED) is 0.531. The Morgan fingerprint density at radius 1 is 1.21 bits per heavy atom. The van der Waals surface area contributed by atoms with E-state index in [1.165, 1.54) is 19.1 Å². The van der Waals surface area contributed by atoms with Crippen molar-refractivity contribution in [2.45, 2.75) is 13.0 Å². The van der Waals surface area contributed by atoms with Crippen LogP contribution in [0.4, 0.5) is 10.1 Å². The highest BCUT2D eigenvalue weighted by Gasteiger charge is 2.16. The second kappa shape index (κ2) is 8.60. The summed E-state index contributed by atoms with van der Waals surface area (Å²) in [6.07, 6.45) is -0.900. The third kappa shape index (κ3) is 5.47. The van der Waals surface area contributed by atoms with Gasteiger partial charge in [-0.25, -0.2) is 4.39 Å². The highest BCUT2D eigenvalue weighted by molar-refractivity contribution is 9.10. The molecule has 0 saturated heterocycles. The van der Waals surface area contributed by atoms with Crippen molar-refractivity contribution in [1.29, 1.82) is 0 Å². The third-order valence-electron chi connectivity index (χ3n) is 2.89. The molecule has 0 aliphatic rings. The van der Waals surface area contributed by atoms with Crippen molar-refractivity contribution in [3.8, 4) is 5.75 Å². The molecule has 0 aliphatic heterocycles.